The molecule has 2 aromatic carbocycles. The van der Waals surface area contributed by atoms with Gasteiger partial charge in [0.1, 0.15) is 10.7 Å². The number of para-hydroxylation sites is 1. The van der Waals surface area contributed by atoms with Gasteiger partial charge in [0, 0.05) is 43.1 Å². The molecule has 1 atom stereocenters. The Kier molecular flexibility index (Phi) is 6.62. The second-order valence-electron chi connectivity index (χ2n) is 7.91. The number of sulfonamides is 1. The molecule has 4 rings (SSSR count). The van der Waals surface area contributed by atoms with Crippen LogP contribution in [0.2, 0.25) is 0 Å². The minimum Gasteiger partial charge on any atom is -0.404 e. The average Bonchev–Trinajstić information content (AvgIpc) is 3.21. The maximum Gasteiger partial charge on any atom is 0.573 e. The summed E-state index contributed by atoms with van der Waals surface area (Å²) in [4.78, 5) is 10.4. The molecule has 1 aromatic heterocycles. The average molecular weight is 560 g/mol. The van der Waals surface area contributed by atoms with E-state index in [0.29, 0.717) is 18.2 Å². The van der Waals surface area contributed by atoms with Crippen molar-refractivity contribution in [1.29, 1.82) is 0 Å². The minimum absolute atomic E-state index is 0.0390. The van der Waals surface area contributed by atoms with Crippen LogP contribution >= 0.6 is 15.9 Å². The van der Waals surface area contributed by atoms with Crippen LogP contribution in [-0.2, 0) is 10.0 Å². The molecule has 8 nitrogen and oxygen atoms in total. The molecule has 0 radical (unpaired) electrons. The SMILES string of the molecule is CN(C)c1nc(NC2CCN(S(=O)(=O)c3ccc(Br)cc3OC(F)(F)F)C2)nc2ccccc12. The monoisotopic (exact) mass is 559 g/mol. The minimum atomic E-state index is -5.03. The van der Waals surface area contributed by atoms with Crippen molar-refractivity contribution in [2.75, 3.05) is 37.4 Å². The van der Waals surface area contributed by atoms with Crippen LogP contribution in [0.5, 0.6) is 5.75 Å². The van der Waals surface area contributed by atoms with Crippen LogP contribution in [0.25, 0.3) is 10.9 Å². The van der Waals surface area contributed by atoms with Crippen LogP contribution in [0, 0.1) is 0 Å². The first-order valence-corrected chi connectivity index (χ1v) is 12.4. The first kappa shape index (κ1) is 24.5. The van der Waals surface area contributed by atoms with E-state index in [1.165, 1.54) is 6.07 Å². The fourth-order valence-corrected chi connectivity index (χ4v) is 5.69. The van der Waals surface area contributed by atoms with E-state index in [1.54, 1.807) is 0 Å². The first-order chi connectivity index (χ1) is 15.9. The molecule has 0 amide bonds. The second kappa shape index (κ2) is 9.19. The fraction of sp³-hybridized carbons (Fsp3) is 0.333. The first-order valence-electron chi connectivity index (χ1n) is 10.2. The van der Waals surface area contributed by atoms with Crippen LogP contribution < -0.4 is 15.0 Å². The number of rotatable bonds is 6. The van der Waals surface area contributed by atoms with Crippen LogP contribution in [0.4, 0.5) is 24.9 Å². The quantitative estimate of drug-likeness (QED) is 0.483. The molecule has 1 saturated heterocycles. The summed E-state index contributed by atoms with van der Waals surface area (Å²) in [6.45, 7) is 0.160. The van der Waals surface area contributed by atoms with Gasteiger partial charge in [-0.05, 0) is 36.8 Å². The van der Waals surface area contributed by atoms with E-state index in [9.17, 15) is 21.6 Å². The summed E-state index contributed by atoms with van der Waals surface area (Å²) in [5.41, 5.74) is 0.731. The van der Waals surface area contributed by atoms with E-state index in [0.717, 1.165) is 27.3 Å². The highest BCUT2D eigenvalue weighted by Crippen LogP contribution is 2.35. The van der Waals surface area contributed by atoms with Gasteiger partial charge in [0.05, 0.1) is 5.52 Å². The zero-order valence-electron chi connectivity index (χ0n) is 18.2. The zero-order chi connectivity index (χ0) is 24.7. The van der Waals surface area contributed by atoms with Crippen molar-refractivity contribution in [2.45, 2.75) is 23.7 Å². The molecular formula is C21H21BrF3N5O3S. The molecule has 1 aliphatic heterocycles. The van der Waals surface area contributed by atoms with Gasteiger partial charge in [-0.25, -0.2) is 13.4 Å². The molecular weight excluding hydrogens is 539 g/mol. The van der Waals surface area contributed by atoms with Crippen molar-refractivity contribution in [1.82, 2.24) is 14.3 Å². The van der Waals surface area contributed by atoms with E-state index in [1.807, 2.05) is 43.3 Å². The number of alkyl halides is 3. The Morgan fingerprint density at radius 1 is 1.18 bits per heavy atom. The molecule has 34 heavy (non-hydrogen) atoms. The molecule has 0 bridgehead atoms. The lowest BCUT2D eigenvalue weighted by molar-refractivity contribution is -0.275. The zero-order valence-corrected chi connectivity index (χ0v) is 20.6. The van der Waals surface area contributed by atoms with Crippen LogP contribution in [0.1, 0.15) is 6.42 Å². The number of halogens is 4. The standard InChI is InChI=1S/C21H21BrF3N5O3S/c1-29(2)19-15-5-3-4-6-16(15)27-20(28-19)26-14-9-10-30(12-14)34(31,32)18-8-7-13(22)11-17(18)33-21(23,24)25/h3-8,11,14H,9-10,12H2,1-2H3,(H,26,27,28). The van der Waals surface area contributed by atoms with Gasteiger partial charge in [0.25, 0.3) is 0 Å². The summed E-state index contributed by atoms with van der Waals surface area (Å²) >= 11 is 3.05. The highest BCUT2D eigenvalue weighted by atomic mass is 79.9. The topological polar surface area (TPSA) is 87.7 Å². The molecule has 0 aliphatic carbocycles. The van der Waals surface area contributed by atoms with Crippen molar-refractivity contribution in [3.63, 3.8) is 0 Å². The second-order valence-corrected chi connectivity index (χ2v) is 10.7. The van der Waals surface area contributed by atoms with Gasteiger partial charge in [-0.15, -0.1) is 13.2 Å². The van der Waals surface area contributed by atoms with Crippen LogP contribution in [0.3, 0.4) is 0 Å². The molecule has 1 fully saturated rings. The lowest BCUT2D eigenvalue weighted by Gasteiger charge is -2.20. The molecule has 182 valence electrons. The van der Waals surface area contributed by atoms with Gasteiger partial charge in [0.2, 0.25) is 16.0 Å². The van der Waals surface area contributed by atoms with Crippen LogP contribution in [0.15, 0.2) is 51.8 Å². The number of fused-ring (bicyclic) bond motifs is 1. The van der Waals surface area contributed by atoms with Gasteiger partial charge in [-0.3, -0.25) is 0 Å². The maximum absolute atomic E-state index is 13.2. The predicted molar refractivity (Wildman–Crippen MR) is 125 cm³/mol. The Bertz CT molecular complexity index is 1320. The van der Waals surface area contributed by atoms with Gasteiger partial charge in [-0.2, -0.15) is 9.29 Å². The number of benzene rings is 2. The Labute approximate surface area is 202 Å². The van der Waals surface area contributed by atoms with E-state index < -0.39 is 27.0 Å². The lowest BCUT2D eigenvalue weighted by Crippen LogP contribution is -2.32. The molecule has 3 aromatic rings. The van der Waals surface area contributed by atoms with Gasteiger partial charge in [0.15, 0.2) is 5.75 Å². The van der Waals surface area contributed by atoms with Gasteiger partial charge >= 0.3 is 6.36 Å². The summed E-state index contributed by atoms with van der Waals surface area (Å²) in [6, 6.07) is 10.6. The highest BCUT2D eigenvalue weighted by molar-refractivity contribution is 9.10. The number of anilines is 2. The summed E-state index contributed by atoms with van der Waals surface area (Å²) in [7, 11) is -0.517. The van der Waals surface area contributed by atoms with Crippen LogP contribution in [-0.4, -0.2) is 62.3 Å². The Balaban J connectivity index is 1.57. The summed E-state index contributed by atoms with van der Waals surface area (Å²) < 4.78 is 70.3. The number of hydrogen-bond donors (Lipinski definition) is 1. The number of hydrogen-bond acceptors (Lipinski definition) is 7. The molecule has 1 N–H and O–H groups in total. The van der Waals surface area contributed by atoms with Crippen molar-refractivity contribution in [2.24, 2.45) is 0 Å². The highest BCUT2D eigenvalue weighted by Gasteiger charge is 2.38. The summed E-state index contributed by atoms with van der Waals surface area (Å²) in [5, 5.41) is 4.05. The molecule has 1 aliphatic rings. The Morgan fingerprint density at radius 2 is 1.91 bits per heavy atom. The molecule has 2 heterocycles. The van der Waals surface area contributed by atoms with E-state index in [4.69, 9.17) is 0 Å². The van der Waals surface area contributed by atoms with Gasteiger partial charge < -0.3 is 15.0 Å². The van der Waals surface area contributed by atoms with Crippen molar-refractivity contribution < 1.29 is 26.3 Å². The van der Waals surface area contributed by atoms with E-state index in [2.05, 4.69) is 36.0 Å². The fourth-order valence-electron chi connectivity index (χ4n) is 3.75. The summed E-state index contributed by atoms with van der Waals surface area (Å²) in [5.74, 6) is 0.266. The molecule has 1 unspecified atom stereocenters. The maximum atomic E-state index is 13.2. The number of nitrogens with one attached hydrogen (secondary N) is 1. The number of nitrogens with zero attached hydrogens (tertiary/aromatic N) is 4. The largest absolute Gasteiger partial charge is 0.573 e. The lowest BCUT2D eigenvalue weighted by atomic mass is 10.2. The number of aromatic nitrogens is 2. The Morgan fingerprint density at radius 3 is 2.62 bits per heavy atom. The third kappa shape index (κ3) is 5.20. The normalized spacial score (nSPS) is 17.2. The molecule has 0 saturated carbocycles. The molecule has 0 spiro atoms. The van der Waals surface area contributed by atoms with E-state index in [-0.39, 0.29) is 23.6 Å². The number of ether oxygens (including phenoxy) is 1. The molecule has 13 heteroatoms. The third-order valence-corrected chi connectivity index (χ3v) is 7.64. The van der Waals surface area contributed by atoms with Crippen molar-refractivity contribution in [3.8, 4) is 5.75 Å². The van der Waals surface area contributed by atoms with Crippen molar-refractivity contribution in [3.05, 3.63) is 46.9 Å². The predicted octanol–water partition coefficient (Wildman–Crippen LogP) is 4.23. The van der Waals surface area contributed by atoms with E-state index >= 15 is 0 Å². The third-order valence-electron chi connectivity index (χ3n) is 5.24. The van der Waals surface area contributed by atoms with Gasteiger partial charge in [-0.1, -0.05) is 28.1 Å². The smallest absolute Gasteiger partial charge is 0.404 e. The summed E-state index contributed by atoms with van der Waals surface area (Å²) in [6.07, 6.45) is -4.60. The van der Waals surface area contributed by atoms with Crippen molar-refractivity contribution >= 4 is 48.6 Å². The Hall–Kier alpha value is -2.64.